The summed E-state index contributed by atoms with van der Waals surface area (Å²) >= 11 is 0. The molecule has 0 bridgehead atoms. The third-order valence-corrected chi connectivity index (χ3v) is 11.4. The molecule has 0 aliphatic carbocycles. The van der Waals surface area contributed by atoms with Crippen LogP contribution in [0.3, 0.4) is 0 Å². The second kappa shape index (κ2) is 23.1. The number of ketones is 1. The van der Waals surface area contributed by atoms with E-state index in [2.05, 4.69) is 56.8 Å². The van der Waals surface area contributed by atoms with Crippen LogP contribution in [0.25, 0.3) is 21.8 Å². The Balaban J connectivity index is 1.37. The molecule has 19 heteroatoms. The van der Waals surface area contributed by atoms with Crippen LogP contribution in [0, 0.1) is 11.3 Å². The second-order valence-corrected chi connectivity index (χ2v) is 19.6. The normalized spacial score (nSPS) is 14.1. The first-order chi connectivity index (χ1) is 32.1. The summed E-state index contributed by atoms with van der Waals surface area (Å²) < 4.78 is 0. The van der Waals surface area contributed by atoms with E-state index in [0.29, 0.717) is 5.69 Å². The molecule has 0 unspecified atom stereocenters. The highest BCUT2D eigenvalue weighted by atomic mass is 16.2. The number of hydrogen-bond donors (Lipinski definition) is 11. The molecule has 3 heterocycles. The van der Waals surface area contributed by atoms with Gasteiger partial charge in [0.2, 0.25) is 29.5 Å². The first-order valence-corrected chi connectivity index (χ1v) is 23.0. The third-order valence-electron chi connectivity index (χ3n) is 11.4. The molecule has 13 N–H and O–H groups in total. The number of benzene rings is 2. The number of guanidine groups is 1. The number of nitrogens with zero attached hydrogens (tertiary/aromatic N) is 2. The molecule has 0 spiro atoms. The number of H-pyrrole nitrogens is 3. The van der Waals surface area contributed by atoms with Crippen LogP contribution in [-0.2, 0) is 48.0 Å². The number of nitrogens with one attached hydrogen (secondary N) is 9. The number of carbonyl (C=O) groups is 6. The van der Waals surface area contributed by atoms with Crippen molar-refractivity contribution in [2.24, 2.45) is 27.8 Å². The van der Waals surface area contributed by atoms with Gasteiger partial charge in [-0.1, -0.05) is 71.0 Å². The summed E-state index contributed by atoms with van der Waals surface area (Å²) in [7, 11) is 0. The van der Waals surface area contributed by atoms with Crippen LogP contribution in [0.4, 0.5) is 0 Å². The molecule has 5 amide bonds. The average molecular weight is 936 g/mol. The van der Waals surface area contributed by atoms with E-state index < -0.39 is 77.2 Å². The van der Waals surface area contributed by atoms with Crippen molar-refractivity contribution >= 4 is 63.1 Å². The van der Waals surface area contributed by atoms with E-state index in [9.17, 15) is 28.8 Å². The second-order valence-electron chi connectivity index (χ2n) is 19.6. The maximum atomic E-state index is 14.5. The monoisotopic (exact) mass is 936 g/mol. The third kappa shape index (κ3) is 15.0. The minimum atomic E-state index is -1.21. The number of aromatic amines is 3. The summed E-state index contributed by atoms with van der Waals surface area (Å²) in [6.45, 7) is 14.4. The first kappa shape index (κ1) is 52.0. The van der Waals surface area contributed by atoms with Crippen molar-refractivity contribution in [1.82, 2.24) is 51.8 Å². The maximum absolute atomic E-state index is 14.5. The lowest BCUT2D eigenvalue weighted by atomic mass is 9.82. The average Bonchev–Trinajstić information content (AvgIpc) is 4.04. The Morgan fingerprint density at radius 3 is 1.75 bits per heavy atom. The Labute approximate surface area is 397 Å². The van der Waals surface area contributed by atoms with Crippen molar-refractivity contribution in [3.05, 3.63) is 90.3 Å². The van der Waals surface area contributed by atoms with Gasteiger partial charge < -0.3 is 58.3 Å². The molecule has 3 aromatic heterocycles. The van der Waals surface area contributed by atoms with Crippen LogP contribution in [0.1, 0.15) is 85.1 Å². The molecule has 2 aromatic carbocycles. The summed E-state index contributed by atoms with van der Waals surface area (Å²) in [5.41, 5.74) is 13.8. The van der Waals surface area contributed by atoms with Gasteiger partial charge >= 0.3 is 0 Å². The highest BCUT2D eigenvalue weighted by Crippen LogP contribution is 2.23. The molecule has 0 saturated heterocycles. The number of carbonyl (C=O) groups excluding carboxylic acids is 6. The topological polar surface area (TPSA) is 299 Å². The van der Waals surface area contributed by atoms with Crippen molar-refractivity contribution in [2.75, 3.05) is 13.1 Å². The first-order valence-electron chi connectivity index (χ1n) is 23.0. The molecule has 68 heavy (non-hydrogen) atoms. The van der Waals surface area contributed by atoms with Gasteiger partial charge in [0.25, 0.3) is 0 Å². The molecule has 366 valence electrons. The van der Waals surface area contributed by atoms with Gasteiger partial charge in [-0.25, -0.2) is 4.98 Å². The smallest absolute Gasteiger partial charge is 0.243 e. The number of imidazole rings is 1. The van der Waals surface area contributed by atoms with Crippen LogP contribution >= 0.6 is 0 Å². The Kier molecular flexibility index (Phi) is 17.7. The summed E-state index contributed by atoms with van der Waals surface area (Å²) in [6.07, 6.45) is 7.41. The summed E-state index contributed by atoms with van der Waals surface area (Å²) in [4.78, 5) is 102. The van der Waals surface area contributed by atoms with Crippen LogP contribution < -0.4 is 43.4 Å². The van der Waals surface area contributed by atoms with E-state index in [-0.39, 0.29) is 56.3 Å². The fraction of sp³-hybridized carbons (Fsp3) is 0.469. The molecule has 5 rings (SSSR count). The molecular weight excluding hydrogens is 867 g/mol. The molecule has 0 aliphatic rings. The van der Waals surface area contributed by atoms with E-state index in [1.807, 2.05) is 83.1 Å². The number of aliphatic imine (C=N–C) groups is 1. The Bertz CT molecular complexity index is 2540. The number of fused-ring (bicyclic) bond motifs is 2. The van der Waals surface area contributed by atoms with Gasteiger partial charge in [-0.05, 0) is 62.8 Å². The quantitative estimate of drug-likeness (QED) is 0.0259. The number of hydrogen-bond acceptors (Lipinski definition) is 9. The molecule has 0 fully saturated rings. The van der Waals surface area contributed by atoms with Crippen molar-refractivity contribution in [1.29, 1.82) is 0 Å². The standard InChI is InChI=1S/C49H69N13O6/c1-28(2)41(42(64)48(3,4)5)61-45(67)37(20-29-23-54-34-16-11-9-14-32(29)34)58-40(63)26-56-43(65)36(18-13-19-53-47(50)51)59-44(66)38(21-30-24-55-35-17-12-10-15-33(30)35)60-46(68)39(62-49(6,7)8)22-31-25-52-27-57-31/h9-12,14-17,23-25,27-28,36-39,41,54-55,62H,13,18-22,26H2,1-8H3,(H,52,57)(H,56,65)(H,58,63)(H,59,66)(H,60,68)(H,61,67)(H4,50,51,53)/t36-,37-,38-,39-,41-/m0/s1. The molecule has 19 nitrogen and oxygen atoms in total. The molecule has 0 radical (unpaired) electrons. The lowest BCUT2D eigenvalue weighted by Gasteiger charge is -2.30. The Morgan fingerprint density at radius 2 is 1.22 bits per heavy atom. The molecular formula is C49H69N13O6. The molecule has 0 saturated carbocycles. The number of amides is 5. The van der Waals surface area contributed by atoms with Gasteiger partial charge in [0.05, 0.1) is 25.0 Å². The largest absolute Gasteiger partial charge is 0.370 e. The highest BCUT2D eigenvalue weighted by Gasteiger charge is 2.36. The molecule has 5 atom stereocenters. The SMILES string of the molecule is CC(C)[C@H](NC(=O)[C@H](Cc1c[nH]c2ccccc12)NC(=O)CNC(=O)[C@H](CCCN=C(N)N)NC(=O)[C@H](Cc1c[nH]c2ccccc12)NC(=O)[C@H](Cc1cnc[nH]1)NC(C)(C)C)C(=O)C(C)(C)C. The zero-order valence-corrected chi connectivity index (χ0v) is 40.3. The van der Waals surface area contributed by atoms with Gasteiger partial charge in [-0.2, -0.15) is 0 Å². The van der Waals surface area contributed by atoms with Crippen LogP contribution in [0.5, 0.6) is 0 Å². The zero-order valence-electron chi connectivity index (χ0n) is 40.3. The van der Waals surface area contributed by atoms with Gasteiger partial charge in [0, 0.05) is 82.9 Å². The summed E-state index contributed by atoms with van der Waals surface area (Å²) in [5, 5.41) is 19.1. The van der Waals surface area contributed by atoms with Crippen LogP contribution in [0.15, 0.2) is 78.4 Å². The number of Topliss-reactive ketones (excluding diaryl/α,β-unsaturated/α-hetero) is 1. The van der Waals surface area contributed by atoms with Crippen molar-refractivity contribution in [3.8, 4) is 0 Å². The maximum Gasteiger partial charge on any atom is 0.243 e. The van der Waals surface area contributed by atoms with Gasteiger partial charge in [-0.3, -0.25) is 33.8 Å². The Morgan fingerprint density at radius 1 is 0.676 bits per heavy atom. The minimum absolute atomic E-state index is 0.0573. The van der Waals surface area contributed by atoms with E-state index >= 15 is 0 Å². The number of aromatic nitrogens is 4. The van der Waals surface area contributed by atoms with Crippen LogP contribution in [-0.4, -0.2) is 110 Å². The predicted molar refractivity (Wildman–Crippen MR) is 263 cm³/mol. The Hall–Kier alpha value is -7.02. The number of nitrogens with two attached hydrogens (primary N) is 2. The van der Waals surface area contributed by atoms with Crippen molar-refractivity contribution < 1.29 is 28.8 Å². The number of rotatable bonds is 23. The fourth-order valence-corrected chi connectivity index (χ4v) is 7.92. The van der Waals surface area contributed by atoms with E-state index in [4.69, 9.17) is 11.5 Å². The lowest BCUT2D eigenvalue weighted by molar-refractivity contribution is -0.135. The molecule has 5 aromatic rings. The minimum Gasteiger partial charge on any atom is -0.370 e. The van der Waals surface area contributed by atoms with E-state index in [0.717, 1.165) is 32.9 Å². The summed E-state index contributed by atoms with van der Waals surface area (Å²) in [5.74, 6) is -3.59. The summed E-state index contributed by atoms with van der Waals surface area (Å²) in [6, 6.07) is 10.0. The van der Waals surface area contributed by atoms with Crippen LogP contribution in [0.2, 0.25) is 0 Å². The fourth-order valence-electron chi connectivity index (χ4n) is 7.92. The predicted octanol–water partition coefficient (Wildman–Crippen LogP) is 2.54. The lowest BCUT2D eigenvalue weighted by Crippen LogP contribution is -2.59. The van der Waals surface area contributed by atoms with Crippen molar-refractivity contribution in [3.63, 3.8) is 0 Å². The van der Waals surface area contributed by atoms with Gasteiger partial charge in [0.1, 0.15) is 18.1 Å². The number of para-hydroxylation sites is 2. The van der Waals surface area contributed by atoms with E-state index in [1.165, 1.54) is 6.33 Å². The molecule has 0 aliphatic heterocycles. The van der Waals surface area contributed by atoms with E-state index in [1.54, 1.807) is 39.4 Å². The highest BCUT2D eigenvalue weighted by molar-refractivity contribution is 5.97. The van der Waals surface area contributed by atoms with Crippen molar-refractivity contribution in [2.45, 2.75) is 123 Å². The van der Waals surface area contributed by atoms with Gasteiger partial charge in [-0.15, -0.1) is 0 Å². The zero-order chi connectivity index (χ0) is 49.8. The van der Waals surface area contributed by atoms with Gasteiger partial charge in [0.15, 0.2) is 11.7 Å².